The summed E-state index contributed by atoms with van der Waals surface area (Å²) in [5.74, 6) is -0.392. The third-order valence-electron chi connectivity index (χ3n) is 1.60. The van der Waals surface area contributed by atoms with E-state index in [0.717, 1.165) is 6.42 Å². The summed E-state index contributed by atoms with van der Waals surface area (Å²) in [7, 11) is 0. The van der Waals surface area contributed by atoms with Gasteiger partial charge in [0.05, 0.1) is 0 Å². The Morgan fingerprint density at radius 2 is 2.38 bits per heavy atom. The maximum absolute atomic E-state index is 9.18. The first-order chi connectivity index (χ1) is 3.69. The van der Waals surface area contributed by atoms with Crippen LogP contribution in [0.3, 0.4) is 0 Å². The molecular weight excluding hydrogens is 104 g/mol. The molecule has 48 valence electrons. The van der Waals surface area contributed by atoms with Crippen molar-refractivity contribution >= 4 is 0 Å². The van der Waals surface area contributed by atoms with Crippen LogP contribution in [-0.4, -0.2) is 17.5 Å². The van der Waals surface area contributed by atoms with E-state index in [2.05, 4.69) is 0 Å². The second-order valence-corrected chi connectivity index (χ2v) is 2.38. The van der Waals surface area contributed by atoms with Crippen molar-refractivity contribution in [1.82, 2.24) is 0 Å². The van der Waals surface area contributed by atoms with Crippen LogP contribution in [0.5, 0.6) is 0 Å². The molecule has 1 N–H and O–H groups in total. The predicted octanol–water partition coefficient (Wildman–Crippen LogP) is 0.751. The van der Waals surface area contributed by atoms with E-state index in [1.165, 1.54) is 0 Å². The number of rotatable bonds is 2. The van der Waals surface area contributed by atoms with Gasteiger partial charge in [0, 0.05) is 18.9 Å². The van der Waals surface area contributed by atoms with Crippen molar-refractivity contribution in [2.75, 3.05) is 6.61 Å². The molecular formula is C6H12O2. The molecule has 8 heavy (non-hydrogen) atoms. The van der Waals surface area contributed by atoms with Crippen LogP contribution in [0.2, 0.25) is 0 Å². The SMILES string of the molecule is CCO[C@]1(O)C[C@@H]1C. The highest BCUT2D eigenvalue weighted by Crippen LogP contribution is 2.43. The van der Waals surface area contributed by atoms with Gasteiger partial charge in [0.1, 0.15) is 0 Å². The monoisotopic (exact) mass is 116 g/mol. The van der Waals surface area contributed by atoms with Gasteiger partial charge in [-0.15, -0.1) is 0 Å². The first kappa shape index (κ1) is 6.05. The minimum absolute atomic E-state index is 0.349. The van der Waals surface area contributed by atoms with Gasteiger partial charge in [-0.25, -0.2) is 0 Å². The Morgan fingerprint density at radius 1 is 1.88 bits per heavy atom. The van der Waals surface area contributed by atoms with E-state index in [9.17, 15) is 5.11 Å². The summed E-state index contributed by atoms with van der Waals surface area (Å²) in [5, 5.41) is 9.18. The molecule has 0 amide bonds. The van der Waals surface area contributed by atoms with E-state index in [-0.39, 0.29) is 0 Å². The van der Waals surface area contributed by atoms with Gasteiger partial charge in [0.2, 0.25) is 0 Å². The first-order valence-electron chi connectivity index (χ1n) is 3.05. The number of ether oxygens (including phenoxy) is 1. The molecule has 0 aromatic rings. The summed E-state index contributed by atoms with van der Waals surface area (Å²) in [5.41, 5.74) is 0. The molecule has 0 aromatic carbocycles. The fourth-order valence-electron chi connectivity index (χ4n) is 0.831. The molecule has 1 rings (SSSR count). The average molecular weight is 116 g/mol. The summed E-state index contributed by atoms with van der Waals surface area (Å²) in [4.78, 5) is 0. The summed E-state index contributed by atoms with van der Waals surface area (Å²) in [6, 6.07) is 0. The largest absolute Gasteiger partial charge is 0.365 e. The van der Waals surface area contributed by atoms with Crippen molar-refractivity contribution in [2.24, 2.45) is 5.92 Å². The highest BCUT2D eigenvalue weighted by atomic mass is 16.6. The molecule has 0 heterocycles. The lowest BCUT2D eigenvalue weighted by atomic mass is 10.5. The lowest BCUT2D eigenvalue weighted by Crippen LogP contribution is -2.14. The van der Waals surface area contributed by atoms with E-state index in [1.807, 2.05) is 13.8 Å². The molecule has 0 spiro atoms. The Kier molecular flexibility index (Phi) is 1.29. The minimum atomic E-state index is -0.741. The van der Waals surface area contributed by atoms with Crippen LogP contribution in [0.25, 0.3) is 0 Å². The minimum Gasteiger partial charge on any atom is -0.365 e. The normalized spacial score (nSPS) is 44.6. The quantitative estimate of drug-likeness (QED) is 0.539. The molecule has 0 radical (unpaired) electrons. The molecule has 0 unspecified atom stereocenters. The van der Waals surface area contributed by atoms with Crippen LogP contribution < -0.4 is 0 Å². The van der Waals surface area contributed by atoms with E-state index in [4.69, 9.17) is 4.74 Å². The van der Waals surface area contributed by atoms with Gasteiger partial charge in [-0.05, 0) is 6.92 Å². The van der Waals surface area contributed by atoms with Crippen molar-refractivity contribution in [3.05, 3.63) is 0 Å². The van der Waals surface area contributed by atoms with E-state index in [1.54, 1.807) is 0 Å². The maximum atomic E-state index is 9.18. The Labute approximate surface area is 49.5 Å². The van der Waals surface area contributed by atoms with Crippen molar-refractivity contribution in [3.8, 4) is 0 Å². The number of aliphatic hydroxyl groups is 1. The van der Waals surface area contributed by atoms with Crippen molar-refractivity contribution in [3.63, 3.8) is 0 Å². The van der Waals surface area contributed by atoms with Crippen molar-refractivity contribution in [1.29, 1.82) is 0 Å². The molecule has 0 saturated heterocycles. The van der Waals surface area contributed by atoms with Crippen LogP contribution in [0, 0.1) is 5.92 Å². The third-order valence-corrected chi connectivity index (χ3v) is 1.60. The molecule has 2 atom stereocenters. The fourth-order valence-corrected chi connectivity index (χ4v) is 0.831. The topological polar surface area (TPSA) is 29.5 Å². The van der Waals surface area contributed by atoms with Gasteiger partial charge < -0.3 is 9.84 Å². The summed E-state index contributed by atoms with van der Waals surface area (Å²) in [6.45, 7) is 4.49. The lowest BCUT2D eigenvalue weighted by molar-refractivity contribution is -0.130. The van der Waals surface area contributed by atoms with Crippen LogP contribution in [0.4, 0.5) is 0 Å². The van der Waals surface area contributed by atoms with Gasteiger partial charge in [-0.3, -0.25) is 0 Å². The van der Waals surface area contributed by atoms with E-state index >= 15 is 0 Å². The maximum Gasteiger partial charge on any atom is 0.168 e. The predicted molar refractivity (Wildman–Crippen MR) is 30.4 cm³/mol. The molecule has 0 aromatic heterocycles. The zero-order valence-electron chi connectivity index (χ0n) is 5.35. The second-order valence-electron chi connectivity index (χ2n) is 2.38. The highest BCUT2D eigenvalue weighted by molar-refractivity contribution is 4.91. The Bertz CT molecular complexity index is 92.5. The Balaban J connectivity index is 2.25. The zero-order valence-corrected chi connectivity index (χ0v) is 5.35. The molecule has 1 aliphatic carbocycles. The smallest absolute Gasteiger partial charge is 0.168 e. The van der Waals surface area contributed by atoms with Crippen LogP contribution in [0.1, 0.15) is 20.3 Å². The highest BCUT2D eigenvalue weighted by Gasteiger charge is 2.50. The van der Waals surface area contributed by atoms with E-state index < -0.39 is 5.79 Å². The molecule has 2 nitrogen and oxygen atoms in total. The molecule has 1 aliphatic rings. The Morgan fingerprint density at radius 3 is 2.50 bits per heavy atom. The third kappa shape index (κ3) is 0.858. The average Bonchev–Trinajstić information content (AvgIpc) is 2.16. The molecule has 1 fully saturated rings. The number of hydrogen-bond acceptors (Lipinski definition) is 2. The Hall–Kier alpha value is -0.0800. The summed E-state index contributed by atoms with van der Waals surface area (Å²) >= 11 is 0. The van der Waals surface area contributed by atoms with Crippen molar-refractivity contribution in [2.45, 2.75) is 26.1 Å². The zero-order chi connectivity index (χ0) is 6.20. The van der Waals surface area contributed by atoms with Gasteiger partial charge in [-0.2, -0.15) is 0 Å². The van der Waals surface area contributed by atoms with Crippen LogP contribution in [-0.2, 0) is 4.74 Å². The van der Waals surface area contributed by atoms with E-state index in [0.29, 0.717) is 12.5 Å². The molecule has 0 aliphatic heterocycles. The van der Waals surface area contributed by atoms with Gasteiger partial charge >= 0.3 is 0 Å². The van der Waals surface area contributed by atoms with Gasteiger partial charge in [0.25, 0.3) is 0 Å². The number of hydrogen-bond donors (Lipinski definition) is 1. The molecule has 0 bridgehead atoms. The van der Waals surface area contributed by atoms with Crippen LogP contribution in [0.15, 0.2) is 0 Å². The lowest BCUT2D eigenvalue weighted by Gasteiger charge is -2.06. The molecule has 1 saturated carbocycles. The van der Waals surface area contributed by atoms with Gasteiger partial charge in [0.15, 0.2) is 5.79 Å². The fraction of sp³-hybridized carbons (Fsp3) is 1.00. The van der Waals surface area contributed by atoms with Crippen LogP contribution >= 0.6 is 0 Å². The van der Waals surface area contributed by atoms with Crippen molar-refractivity contribution < 1.29 is 9.84 Å². The summed E-state index contributed by atoms with van der Waals surface area (Å²) in [6.07, 6.45) is 0.806. The standard InChI is InChI=1S/C6H12O2/c1-3-8-6(7)4-5(6)2/h5,7H,3-4H2,1-2H3/t5-,6+/m0/s1. The first-order valence-corrected chi connectivity index (χ1v) is 3.05. The second kappa shape index (κ2) is 1.71. The molecule has 2 heteroatoms. The van der Waals surface area contributed by atoms with Gasteiger partial charge in [-0.1, -0.05) is 6.92 Å². The summed E-state index contributed by atoms with van der Waals surface area (Å²) < 4.78 is 5.01.